The van der Waals surface area contributed by atoms with Crippen LogP contribution in [0.3, 0.4) is 0 Å². The predicted octanol–water partition coefficient (Wildman–Crippen LogP) is 2.89. The van der Waals surface area contributed by atoms with E-state index in [9.17, 15) is 4.79 Å². The number of carbonyl (C=O) groups excluding carboxylic acids is 1. The minimum absolute atomic E-state index is 0.215. The van der Waals surface area contributed by atoms with Crippen LogP contribution in [0.15, 0.2) is 53.1 Å². The smallest absolute Gasteiger partial charge is 0.251 e. The Morgan fingerprint density at radius 2 is 2.08 bits per heavy atom. The van der Waals surface area contributed by atoms with Gasteiger partial charge in [0, 0.05) is 30.3 Å². The number of nitriles is 1. The van der Waals surface area contributed by atoms with Gasteiger partial charge >= 0.3 is 0 Å². The zero-order valence-corrected chi connectivity index (χ0v) is 13.7. The van der Waals surface area contributed by atoms with Gasteiger partial charge in [-0.25, -0.2) is 9.97 Å². The quantitative estimate of drug-likeness (QED) is 0.775. The largest absolute Gasteiger partial charge is 0.441 e. The first-order valence-electron chi connectivity index (χ1n) is 7.83. The lowest BCUT2D eigenvalue weighted by Gasteiger charge is -2.04. The zero-order valence-electron chi connectivity index (χ0n) is 13.7. The first-order valence-corrected chi connectivity index (χ1v) is 7.83. The molecule has 0 saturated carbocycles. The molecule has 25 heavy (non-hydrogen) atoms. The van der Waals surface area contributed by atoms with Crippen LogP contribution in [0.2, 0.25) is 0 Å². The second kappa shape index (κ2) is 7.41. The minimum atomic E-state index is -0.247. The third-order valence-corrected chi connectivity index (χ3v) is 3.70. The van der Waals surface area contributed by atoms with Crippen LogP contribution in [0.5, 0.6) is 0 Å². The zero-order chi connectivity index (χ0) is 17.6. The number of rotatable bonds is 5. The molecule has 0 aliphatic heterocycles. The van der Waals surface area contributed by atoms with E-state index in [1.54, 1.807) is 6.07 Å². The second-order valence-corrected chi connectivity index (χ2v) is 5.44. The highest BCUT2D eigenvalue weighted by Gasteiger charge is 2.12. The fourth-order valence-corrected chi connectivity index (χ4v) is 2.39. The minimum Gasteiger partial charge on any atom is -0.441 e. The van der Waals surface area contributed by atoms with Crippen molar-refractivity contribution in [3.8, 4) is 17.5 Å². The van der Waals surface area contributed by atoms with E-state index in [2.05, 4.69) is 15.3 Å². The number of aromatic nitrogens is 2. The van der Waals surface area contributed by atoms with Crippen LogP contribution in [0.1, 0.15) is 27.5 Å². The fraction of sp³-hybridized carbons (Fsp3) is 0.158. The van der Waals surface area contributed by atoms with Crippen molar-refractivity contribution in [2.75, 3.05) is 6.54 Å². The van der Waals surface area contributed by atoms with Crippen LogP contribution >= 0.6 is 0 Å². The van der Waals surface area contributed by atoms with E-state index in [4.69, 9.17) is 9.68 Å². The normalized spacial score (nSPS) is 10.2. The monoisotopic (exact) mass is 332 g/mol. The van der Waals surface area contributed by atoms with Crippen molar-refractivity contribution in [3.63, 3.8) is 0 Å². The van der Waals surface area contributed by atoms with Gasteiger partial charge in [-0.05, 0) is 31.2 Å². The van der Waals surface area contributed by atoms with E-state index in [0.717, 1.165) is 17.0 Å². The number of pyridine rings is 1. The summed E-state index contributed by atoms with van der Waals surface area (Å²) in [5, 5.41) is 11.6. The van der Waals surface area contributed by atoms with Gasteiger partial charge in [-0.1, -0.05) is 18.2 Å². The maximum atomic E-state index is 12.1. The Morgan fingerprint density at radius 1 is 1.28 bits per heavy atom. The SMILES string of the molecule is Cc1oc(-c2ccccc2)nc1CCNC(=O)c1ccnc(C#N)c1. The molecule has 124 valence electrons. The van der Waals surface area contributed by atoms with Crippen molar-refractivity contribution in [2.45, 2.75) is 13.3 Å². The Morgan fingerprint density at radius 3 is 2.84 bits per heavy atom. The van der Waals surface area contributed by atoms with Crippen LogP contribution in [-0.4, -0.2) is 22.4 Å². The van der Waals surface area contributed by atoms with E-state index < -0.39 is 0 Å². The van der Waals surface area contributed by atoms with Crippen LogP contribution in [0.25, 0.3) is 11.5 Å². The molecule has 6 heteroatoms. The van der Waals surface area contributed by atoms with Gasteiger partial charge in [-0.15, -0.1) is 0 Å². The van der Waals surface area contributed by atoms with Gasteiger partial charge in [0.25, 0.3) is 5.91 Å². The van der Waals surface area contributed by atoms with E-state index >= 15 is 0 Å². The summed E-state index contributed by atoms with van der Waals surface area (Å²) in [6, 6.07) is 14.6. The van der Waals surface area contributed by atoms with Gasteiger partial charge < -0.3 is 9.73 Å². The van der Waals surface area contributed by atoms with Crippen molar-refractivity contribution in [2.24, 2.45) is 0 Å². The molecule has 0 bridgehead atoms. The number of nitrogens with zero attached hydrogens (tertiary/aromatic N) is 3. The number of oxazole rings is 1. The average molecular weight is 332 g/mol. The fourth-order valence-electron chi connectivity index (χ4n) is 2.39. The number of carbonyl (C=O) groups is 1. The van der Waals surface area contributed by atoms with Gasteiger partial charge in [0.15, 0.2) is 0 Å². The van der Waals surface area contributed by atoms with E-state index in [-0.39, 0.29) is 11.6 Å². The molecule has 1 amide bonds. The highest BCUT2D eigenvalue weighted by molar-refractivity contribution is 5.94. The molecule has 0 fully saturated rings. The number of hydrogen-bond donors (Lipinski definition) is 1. The first kappa shape index (κ1) is 16.4. The van der Waals surface area contributed by atoms with Gasteiger partial charge in [0.05, 0.1) is 5.69 Å². The van der Waals surface area contributed by atoms with E-state index in [0.29, 0.717) is 24.4 Å². The molecule has 2 aromatic heterocycles. The lowest BCUT2D eigenvalue weighted by atomic mass is 10.2. The summed E-state index contributed by atoms with van der Waals surface area (Å²) in [6.45, 7) is 2.28. The molecule has 0 aliphatic rings. The number of nitrogens with one attached hydrogen (secondary N) is 1. The van der Waals surface area contributed by atoms with Crippen molar-refractivity contribution in [3.05, 3.63) is 71.4 Å². The van der Waals surface area contributed by atoms with Crippen molar-refractivity contribution < 1.29 is 9.21 Å². The molecule has 6 nitrogen and oxygen atoms in total. The van der Waals surface area contributed by atoms with Crippen LogP contribution in [0.4, 0.5) is 0 Å². The molecule has 1 aromatic carbocycles. The number of amides is 1. The molecule has 0 saturated heterocycles. The number of hydrogen-bond acceptors (Lipinski definition) is 5. The van der Waals surface area contributed by atoms with Crippen molar-refractivity contribution in [1.82, 2.24) is 15.3 Å². The summed E-state index contributed by atoms with van der Waals surface area (Å²) < 4.78 is 5.71. The molecule has 1 N–H and O–H groups in total. The molecule has 3 aromatic rings. The Balaban J connectivity index is 1.62. The Hall–Kier alpha value is -3.46. The molecule has 0 aliphatic carbocycles. The summed E-state index contributed by atoms with van der Waals surface area (Å²) >= 11 is 0. The lowest BCUT2D eigenvalue weighted by molar-refractivity contribution is 0.0954. The van der Waals surface area contributed by atoms with Gasteiger partial charge in [0.1, 0.15) is 17.5 Å². The second-order valence-electron chi connectivity index (χ2n) is 5.44. The molecule has 2 heterocycles. The maximum absolute atomic E-state index is 12.1. The van der Waals surface area contributed by atoms with Crippen LogP contribution in [-0.2, 0) is 6.42 Å². The van der Waals surface area contributed by atoms with Crippen molar-refractivity contribution in [1.29, 1.82) is 5.26 Å². The van der Waals surface area contributed by atoms with Gasteiger partial charge in [-0.3, -0.25) is 4.79 Å². The summed E-state index contributed by atoms with van der Waals surface area (Å²) in [5.74, 6) is 1.07. The van der Waals surface area contributed by atoms with E-state index in [1.807, 2.05) is 43.3 Å². The molecule has 0 radical (unpaired) electrons. The molecule has 0 unspecified atom stereocenters. The standard InChI is InChI=1S/C19H16N4O2/c1-13-17(23-19(25-13)14-5-3-2-4-6-14)8-10-22-18(24)15-7-9-21-16(11-15)12-20/h2-7,9,11H,8,10H2,1H3,(H,22,24). The van der Waals surface area contributed by atoms with Crippen molar-refractivity contribution >= 4 is 5.91 Å². The highest BCUT2D eigenvalue weighted by atomic mass is 16.4. The molecule has 0 spiro atoms. The Kier molecular flexibility index (Phi) is 4.86. The van der Waals surface area contributed by atoms with Crippen LogP contribution in [0, 0.1) is 18.3 Å². The molecular formula is C19H16N4O2. The first-order chi connectivity index (χ1) is 12.2. The summed E-state index contributed by atoms with van der Waals surface area (Å²) in [5.41, 5.74) is 2.36. The van der Waals surface area contributed by atoms with E-state index in [1.165, 1.54) is 12.3 Å². The molecular weight excluding hydrogens is 316 g/mol. The third-order valence-electron chi connectivity index (χ3n) is 3.70. The number of benzene rings is 1. The summed E-state index contributed by atoms with van der Waals surface area (Å²) in [6.07, 6.45) is 2.01. The predicted molar refractivity (Wildman–Crippen MR) is 91.7 cm³/mol. The molecule has 0 atom stereocenters. The third kappa shape index (κ3) is 3.90. The van der Waals surface area contributed by atoms with Gasteiger partial charge in [0.2, 0.25) is 5.89 Å². The lowest BCUT2D eigenvalue weighted by Crippen LogP contribution is -2.26. The topological polar surface area (TPSA) is 91.8 Å². The average Bonchev–Trinajstić information content (AvgIpc) is 3.03. The summed E-state index contributed by atoms with van der Waals surface area (Å²) in [4.78, 5) is 20.5. The molecule has 3 rings (SSSR count). The van der Waals surface area contributed by atoms with Gasteiger partial charge in [-0.2, -0.15) is 5.26 Å². The Bertz CT molecular complexity index is 926. The number of aryl methyl sites for hydroxylation is 1. The summed E-state index contributed by atoms with van der Waals surface area (Å²) in [7, 11) is 0. The highest BCUT2D eigenvalue weighted by Crippen LogP contribution is 2.21. The Labute approximate surface area is 145 Å². The maximum Gasteiger partial charge on any atom is 0.251 e. The van der Waals surface area contributed by atoms with Crippen LogP contribution < -0.4 is 5.32 Å².